The van der Waals surface area contributed by atoms with E-state index in [0.717, 1.165) is 0 Å². The molecule has 0 saturated carbocycles. The molecule has 7 heteroatoms. The summed E-state index contributed by atoms with van der Waals surface area (Å²) in [6, 6.07) is -0.934. The Hall–Kier alpha value is -1.63. The van der Waals surface area contributed by atoms with Crippen LogP contribution in [0.2, 0.25) is 0 Å². The number of hydrogen-bond donors (Lipinski definition) is 4. The summed E-state index contributed by atoms with van der Waals surface area (Å²) in [5.74, 6) is -2.37. The van der Waals surface area contributed by atoms with Gasteiger partial charge < -0.3 is 21.9 Å². The maximum absolute atomic E-state index is 11.0. The number of amides is 2. The highest BCUT2D eigenvalue weighted by atomic mass is 16.4. The normalized spacial score (nSPS) is 11.8. The minimum atomic E-state index is -1.08. The van der Waals surface area contributed by atoms with Gasteiger partial charge in [-0.25, -0.2) is 0 Å². The van der Waals surface area contributed by atoms with E-state index in [9.17, 15) is 14.4 Å². The predicted octanol–water partition coefficient (Wildman–Crippen LogP) is -2.22. The van der Waals surface area contributed by atoms with Crippen LogP contribution in [0.4, 0.5) is 0 Å². The summed E-state index contributed by atoms with van der Waals surface area (Å²) >= 11 is 0. The smallest absolute Gasteiger partial charge is 0.303 e. The number of carbonyl (C=O) groups excluding carboxylic acids is 2. The molecular weight excluding hydrogens is 190 g/mol. The fourth-order valence-electron chi connectivity index (χ4n) is 0.733. The molecule has 0 rings (SSSR count). The maximum atomic E-state index is 11.0. The number of nitrogens with one attached hydrogen (secondary N) is 1. The zero-order valence-corrected chi connectivity index (χ0v) is 7.53. The zero-order chi connectivity index (χ0) is 11.1. The molecule has 6 N–H and O–H groups in total. The molecule has 0 saturated heterocycles. The quantitative estimate of drug-likeness (QED) is 0.387. The summed E-state index contributed by atoms with van der Waals surface area (Å²) < 4.78 is 0. The van der Waals surface area contributed by atoms with Gasteiger partial charge in [-0.1, -0.05) is 0 Å². The molecule has 1 atom stereocenters. The molecule has 0 aliphatic heterocycles. The van der Waals surface area contributed by atoms with Gasteiger partial charge in [-0.2, -0.15) is 0 Å². The van der Waals surface area contributed by atoms with E-state index < -0.39 is 23.8 Å². The second-order valence-electron chi connectivity index (χ2n) is 2.65. The third kappa shape index (κ3) is 5.09. The van der Waals surface area contributed by atoms with Gasteiger partial charge in [0.05, 0.1) is 6.42 Å². The molecule has 0 aromatic heterocycles. The summed E-state index contributed by atoms with van der Waals surface area (Å²) in [5, 5.41) is 10.5. The van der Waals surface area contributed by atoms with Crippen LogP contribution in [0.5, 0.6) is 0 Å². The van der Waals surface area contributed by atoms with Crippen molar-refractivity contribution in [2.45, 2.75) is 18.9 Å². The van der Waals surface area contributed by atoms with Crippen molar-refractivity contribution in [2.75, 3.05) is 6.54 Å². The Balaban J connectivity index is 3.91. The summed E-state index contributed by atoms with van der Waals surface area (Å²) in [6.45, 7) is -0.103. The summed E-state index contributed by atoms with van der Waals surface area (Å²) in [5.41, 5.74) is 10.0. The minimum absolute atomic E-state index is 0.103. The van der Waals surface area contributed by atoms with E-state index in [4.69, 9.17) is 16.6 Å². The SMILES string of the molecule is NCC(NC(=O)CCC(=O)O)C(N)=O. The molecule has 0 aliphatic rings. The van der Waals surface area contributed by atoms with Crippen LogP contribution in [0.1, 0.15) is 12.8 Å². The van der Waals surface area contributed by atoms with Crippen LogP contribution in [0.15, 0.2) is 0 Å². The maximum Gasteiger partial charge on any atom is 0.303 e. The molecule has 0 fully saturated rings. The van der Waals surface area contributed by atoms with E-state index in [2.05, 4.69) is 5.32 Å². The van der Waals surface area contributed by atoms with E-state index in [1.54, 1.807) is 0 Å². The van der Waals surface area contributed by atoms with Crippen molar-refractivity contribution < 1.29 is 19.5 Å². The minimum Gasteiger partial charge on any atom is -0.481 e. The Labute approximate surface area is 80.4 Å². The molecule has 0 radical (unpaired) electrons. The third-order valence-corrected chi connectivity index (χ3v) is 1.48. The molecule has 0 aromatic carbocycles. The van der Waals surface area contributed by atoms with Gasteiger partial charge in [0.25, 0.3) is 0 Å². The molecule has 0 aromatic rings. The number of carbonyl (C=O) groups is 3. The number of rotatable bonds is 6. The first-order valence-corrected chi connectivity index (χ1v) is 3.98. The van der Waals surface area contributed by atoms with Gasteiger partial charge in [0, 0.05) is 13.0 Å². The van der Waals surface area contributed by atoms with Crippen molar-refractivity contribution in [1.29, 1.82) is 0 Å². The summed E-state index contributed by atoms with van der Waals surface area (Å²) in [7, 11) is 0. The lowest BCUT2D eigenvalue weighted by Crippen LogP contribution is -2.48. The third-order valence-electron chi connectivity index (χ3n) is 1.48. The van der Waals surface area contributed by atoms with Crippen molar-refractivity contribution in [3.05, 3.63) is 0 Å². The van der Waals surface area contributed by atoms with Crippen molar-refractivity contribution >= 4 is 17.8 Å². The topological polar surface area (TPSA) is 136 Å². The lowest BCUT2D eigenvalue weighted by atomic mass is 10.2. The van der Waals surface area contributed by atoms with Gasteiger partial charge in [-0.3, -0.25) is 14.4 Å². The Morgan fingerprint density at radius 3 is 2.21 bits per heavy atom. The van der Waals surface area contributed by atoms with Gasteiger partial charge in [-0.15, -0.1) is 0 Å². The lowest BCUT2D eigenvalue weighted by molar-refractivity contribution is -0.139. The molecule has 1 unspecified atom stereocenters. The Kier molecular flexibility index (Phi) is 5.23. The fraction of sp³-hybridized carbons (Fsp3) is 0.571. The number of aliphatic carboxylic acids is 1. The van der Waals surface area contributed by atoms with Crippen LogP contribution < -0.4 is 16.8 Å². The fourth-order valence-corrected chi connectivity index (χ4v) is 0.733. The van der Waals surface area contributed by atoms with E-state index in [-0.39, 0.29) is 19.4 Å². The van der Waals surface area contributed by atoms with Crippen molar-refractivity contribution in [3.8, 4) is 0 Å². The van der Waals surface area contributed by atoms with Gasteiger partial charge in [0.1, 0.15) is 6.04 Å². The van der Waals surface area contributed by atoms with Crippen molar-refractivity contribution in [1.82, 2.24) is 5.32 Å². The number of carboxylic acids is 1. The second-order valence-corrected chi connectivity index (χ2v) is 2.65. The molecule has 2 amide bonds. The molecule has 80 valence electrons. The van der Waals surface area contributed by atoms with Crippen LogP contribution in [0.3, 0.4) is 0 Å². The van der Waals surface area contributed by atoms with Gasteiger partial charge >= 0.3 is 5.97 Å². The Bertz CT molecular complexity index is 241. The number of carboxylic acid groups (broad SMARTS) is 1. The van der Waals surface area contributed by atoms with Crippen LogP contribution in [0, 0.1) is 0 Å². The molecule has 7 nitrogen and oxygen atoms in total. The van der Waals surface area contributed by atoms with Crippen molar-refractivity contribution in [3.63, 3.8) is 0 Å². The van der Waals surface area contributed by atoms with Crippen LogP contribution in [0.25, 0.3) is 0 Å². The highest BCUT2D eigenvalue weighted by Crippen LogP contribution is 1.90. The van der Waals surface area contributed by atoms with Gasteiger partial charge in [0.2, 0.25) is 11.8 Å². The average Bonchev–Trinajstić information content (AvgIpc) is 2.10. The molecule has 0 bridgehead atoms. The number of hydrogen-bond acceptors (Lipinski definition) is 4. The highest BCUT2D eigenvalue weighted by molar-refractivity contribution is 5.87. The Morgan fingerprint density at radius 1 is 1.29 bits per heavy atom. The van der Waals surface area contributed by atoms with Crippen LogP contribution >= 0.6 is 0 Å². The molecule has 0 aliphatic carbocycles. The Morgan fingerprint density at radius 2 is 1.86 bits per heavy atom. The van der Waals surface area contributed by atoms with Gasteiger partial charge in [-0.05, 0) is 0 Å². The molecule has 14 heavy (non-hydrogen) atoms. The lowest BCUT2D eigenvalue weighted by Gasteiger charge is -2.12. The number of primary amides is 1. The average molecular weight is 203 g/mol. The van der Waals surface area contributed by atoms with E-state index in [1.807, 2.05) is 0 Å². The highest BCUT2D eigenvalue weighted by Gasteiger charge is 2.16. The first-order valence-electron chi connectivity index (χ1n) is 3.98. The van der Waals surface area contributed by atoms with E-state index in [1.165, 1.54) is 0 Å². The largest absolute Gasteiger partial charge is 0.481 e. The van der Waals surface area contributed by atoms with E-state index in [0.29, 0.717) is 0 Å². The van der Waals surface area contributed by atoms with Crippen LogP contribution in [-0.2, 0) is 14.4 Å². The van der Waals surface area contributed by atoms with Crippen molar-refractivity contribution in [2.24, 2.45) is 11.5 Å². The number of nitrogens with two attached hydrogens (primary N) is 2. The van der Waals surface area contributed by atoms with E-state index >= 15 is 0 Å². The zero-order valence-electron chi connectivity index (χ0n) is 7.53. The van der Waals surface area contributed by atoms with Gasteiger partial charge in [0.15, 0.2) is 0 Å². The standard InChI is InChI=1S/C7H13N3O4/c8-3-4(7(9)14)10-5(11)1-2-6(12)13/h4H,1-3,8H2,(H2,9,14)(H,10,11)(H,12,13). The molecule has 0 heterocycles. The van der Waals surface area contributed by atoms with Crippen LogP contribution in [-0.4, -0.2) is 35.5 Å². The summed E-state index contributed by atoms with van der Waals surface area (Å²) in [6.07, 6.45) is -0.485. The monoisotopic (exact) mass is 203 g/mol. The first-order chi connectivity index (χ1) is 6.47. The predicted molar refractivity (Wildman–Crippen MR) is 47.0 cm³/mol. The summed E-state index contributed by atoms with van der Waals surface area (Å²) in [4.78, 5) is 31.7. The second kappa shape index (κ2) is 5.92. The molecular formula is C7H13N3O4. The first kappa shape index (κ1) is 12.4. The molecule has 0 spiro atoms.